The highest BCUT2D eigenvalue weighted by atomic mass is 32.2. The van der Waals surface area contributed by atoms with Crippen LogP contribution < -0.4 is 5.32 Å². The zero-order chi connectivity index (χ0) is 24.9. The van der Waals surface area contributed by atoms with E-state index in [9.17, 15) is 39.8 Å². The van der Waals surface area contributed by atoms with Crippen molar-refractivity contribution in [1.29, 1.82) is 5.26 Å². The number of aliphatic carboxylic acids is 4. The smallest absolute Gasteiger partial charge is 0.317 e. The Kier molecular flexibility index (Phi) is 11.9. The Labute approximate surface area is 194 Å². The lowest BCUT2D eigenvalue weighted by atomic mass is 10.0. The third-order valence-corrected chi connectivity index (χ3v) is 5.50. The lowest BCUT2D eigenvalue weighted by molar-refractivity contribution is -0.145. The Morgan fingerprint density at radius 3 is 2.00 bits per heavy atom. The molecule has 13 heteroatoms. The van der Waals surface area contributed by atoms with Gasteiger partial charge in [0.2, 0.25) is 0 Å². The van der Waals surface area contributed by atoms with E-state index in [4.69, 9.17) is 5.11 Å². The molecule has 0 saturated heterocycles. The van der Waals surface area contributed by atoms with Gasteiger partial charge in [-0.1, -0.05) is 30.3 Å². The maximum Gasteiger partial charge on any atom is 0.317 e. The van der Waals surface area contributed by atoms with Crippen molar-refractivity contribution in [2.24, 2.45) is 0 Å². The van der Waals surface area contributed by atoms with Crippen LogP contribution in [0.15, 0.2) is 30.3 Å². The summed E-state index contributed by atoms with van der Waals surface area (Å²) in [5.41, 5.74) is 0.695. The summed E-state index contributed by atoms with van der Waals surface area (Å²) >= 11 is 0.666. The van der Waals surface area contributed by atoms with Gasteiger partial charge in [0.1, 0.15) is 5.40 Å². The van der Waals surface area contributed by atoms with Crippen LogP contribution >= 0.6 is 11.8 Å². The number of hydrogen-bond donors (Lipinski definition) is 5. The Morgan fingerprint density at radius 2 is 1.52 bits per heavy atom. The molecule has 1 aromatic rings. The second kappa shape index (κ2) is 14.1. The van der Waals surface area contributed by atoms with E-state index in [2.05, 4.69) is 5.32 Å². The number of carboxylic acids is 4. The van der Waals surface area contributed by atoms with E-state index in [1.165, 1.54) is 4.90 Å². The maximum absolute atomic E-state index is 11.5. The topological polar surface area (TPSA) is 191 Å². The molecule has 0 spiro atoms. The van der Waals surface area contributed by atoms with Gasteiger partial charge in [0, 0.05) is 26.1 Å². The third-order valence-electron chi connectivity index (χ3n) is 4.50. The van der Waals surface area contributed by atoms with Crippen LogP contribution in [0, 0.1) is 10.7 Å². The van der Waals surface area contributed by atoms with Gasteiger partial charge >= 0.3 is 23.9 Å². The normalized spacial score (nSPS) is 12.8. The van der Waals surface area contributed by atoms with Gasteiger partial charge < -0.3 is 25.7 Å². The molecular formula is C20H26N4O8S. The van der Waals surface area contributed by atoms with Crippen molar-refractivity contribution in [3.63, 3.8) is 0 Å². The molecule has 0 fully saturated rings. The zero-order valence-corrected chi connectivity index (χ0v) is 18.5. The van der Waals surface area contributed by atoms with E-state index < -0.39 is 48.4 Å². The number of thiocyanates is 1. The summed E-state index contributed by atoms with van der Waals surface area (Å²) in [6.07, 6.45) is 0.0608. The molecule has 0 heterocycles. The molecule has 0 aliphatic carbocycles. The van der Waals surface area contributed by atoms with Gasteiger partial charge in [-0.25, -0.2) is 0 Å². The molecule has 0 bridgehead atoms. The SMILES string of the molecule is N#CSC(Cc1ccccc1)(CN(CCNCC(=O)O)CC(=O)O)N(CC(=O)O)CC(=O)O. The molecule has 0 amide bonds. The molecule has 1 atom stereocenters. The largest absolute Gasteiger partial charge is 0.480 e. The lowest BCUT2D eigenvalue weighted by Crippen LogP contribution is -2.58. The monoisotopic (exact) mass is 482 g/mol. The number of nitrogens with one attached hydrogen (secondary N) is 1. The Hall–Kier alpha value is -3.18. The molecular weight excluding hydrogens is 456 g/mol. The van der Waals surface area contributed by atoms with E-state index in [1.807, 2.05) is 5.40 Å². The Morgan fingerprint density at radius 1 is 0.939 bits per heavy atom. The van der Waals surface area contributed by atoms with Crippen LogP contribution in [0.4, 0.5) is 0 Å². The van der Waals surface area contributed by atoms with E-state index in [0.717, 1.165) is 4.90 Å². The number of thioether (sulfide) groups is 1. The van der Waals surface area contributed by atoms with Crippen LogP contribution in [0.2, 0.25) is 0 Å². The average molecular weight is 483 g/mol. The average Bonchev–Trinajstić information content (AvgIpc) is 2.70. The maximum atomic E-state index is 11.5. The molecule has 0 aliphatic rings. The van der Waals surface area contributed by atoms with Crippen LogP contribution in [-0.2, 0) is 25.6 Å². The molecule has 5 N–H and O–H groups in total. The minimum absolute atomic E-state index is 0.0608. The van der Waals surface area contributed by atoms with Gasteiger partial charge in [-0.15, -0.1) is 0 Å². The van der Waals surface area contributed by atoms with E-state index in [0.29, 0.717) is 17.3 Å². The van der Waals surface area contributed by atoms with Gasteiger partial charge in [-0.3, -0.25) is 29.0 Å². The van der Waals surface area contributed by atoms with Crippen molar-refractivity contribution in [3.8, 4) is 5.40 Å². The summed E-state index contributed by atoms with van der Waals surface area (Å²) in [5.74, 6) is -4.89. The predicted octanol–water partition coefficient (Wildman–Crippen LogP) is -0.328. The van der Waals surface area contributed by atoms with Crippen molar-refractivity contribution < 1.29 is 39.6 Å². The van der Waals surface area contributed by atoms with Crippen LogP contribution in [0.5, 0.6) is 0 Å². The third kappa shape index (κ3) is 10.8. The molecule has 1 rings (SSSR count). The van der Waals surface area contributed by atoms with Crippen molar-refractivity contribution in [3.05, 3.63) is 35.9 Å². The summed E-state index contributed by atoms with van der Waals surface area (Å²) < 4.78 is 0. The van der Waals surface area contributed by atoms with E-state index >= 15 is 0 Å². The first-order valence-electron chi connectivity index (χ1n) is 9.74. The molecule has 180 valence electrons. The number of nitrogens with zero attached hydrogens (tertiary/aromatic N) is 3. The first-order chi connectivity index (χ1) is 15.6. The minimum atomic E-state index is -1.42. The van der Waals surface area contributed by atoms with Gasteiger partial charge in [-0.2, -0.15) is 5.26 Å². The zero-order valence-electron chi connectivity index (χ0n) is 17.7. The van der Waals surface area contributed by atoms with Crippen LogP contribution in [0.1, 0.15) is 5.56 Å². The van der Waals surface area contributed by atoms with Gasteiger partial charge in [0.25, 0.3) is 0 Å². The van der Waals surface area contributed by atoms with Gasteiger partial charge in [0.05, 0.1) is 31.0 Å². The highest BCUT2D eigenvalue weighted by Crippen LogP contribution is 2.34. The number of nitriles is 1. The fraction of sp³-hybridized carbons (Fsp3) is 0.450. The number of carboxylic acid groups (broad SMARTS) is 4. The molecule has 1 aromatic carbocycles. The number of rotatable bonds is 17. The Bertz CT molecular complexity index is 847. The summed E-state index contributed by atoms with van der Waals surface area (Å²) in [6, 6.07) is 8.71. The lowest BCUT2D eigenvalue weighted by Gasteiger charge is -2.43. The summed E-state index contributed by atoms with van der Waals surface area (Å²) in [5, 5.41) is 51.0. The van der Waals surface area contributed by atoms with Crippen LogP contribution in [0.25, 0.3) is 0 Å². The highest BCUT2D eigenvalue weighted by Gasteiger charge is 2.42. The summed E-state index contributed by atoms with van der Waals surface area (Å²) in [7, 11) is 0. The summed E-state index contributed by atoms with van der Waals surface area (Å²) in [6.45, 7) is -2.19. The fourth-order valence-corrected chi connectivity index (χ4v) is 4.17. The summed E-state index contributed by atoms with van der Waals surface area (Å²) in [4.78, 5) is 46.4. The quantitative estimate of drug-likeness (QED) is 0.110. The first-order valence-corrected chi connectivity index (χ1v) is 10.6. The number of hydrogen-bond acceptors (Lipinski definition) is 9. The molecule has 0 aromatic heterocycles. The second-order valence-electron chi connectivity index (χ2n) is 7.12. The standard InChI is InChI=1S/C20H26N4O8S/c21-14-33-20(8-15-4-2-1-3-5-15,24(11-18(29)30)12-19(31)32)13-23(10-17(27)28)7-6-22-9-16(25)26/h1-5,22H,6-13H2,(H,25,26)(H,27,28)(H,29,30)(H,31,32). The van der Waals surface area contributed by atoms with Crippen LogP contribution in [0.3, 0.4) is 0 Å². The molecule has 33 heavy (non-hydrogen) atoms. The second-order valence-corrected chi connectivity index (χ2v) is 8.27. The number of benzene rings is 1. The minimum Gasteiger partial charge on any atom is -0.480 e. The van der Waals surface area contributed by atoms with E-state index in [-0.39, 0.29) is 32.6 Å². The van der Waals surface area contributed by atoms with Crippen molar-refractivity contribution in [1.82, 2.24) is 15.1 Å². The molecule has 0 aliphatic heterocycles. The van der Waals surface area contributed by atoms with Crippen LogP contribution in [-0.4, -0.2) is 105 Å². The van der Waals surface area contributed by atoms with Gasteiger partial charge in [0.15, 0.2) is 0 Å². The molecule has 1 unspecified atom stereocenters. The van der Waals surface area contributed by atoms with E-state index in [1.54, 1.807) is 30.3 Å². The first kappa shape index (κ1) is 27.9. The highest BCUT2D eigenvalue weighted by molar-refractivity contribution is 8.05. The van der Waals surface area contributed by atoms with Crippen molar-refractivity contribution in [2.45, 2.75) is 11.3 Å². The predicted molar refractivity (Wildman–Crippen MR) is 118 cm³/mol. The molecule has 12 nitrogen and oxygen atoms in total. The number of carbonyl (C=O) groups is 4. The fourth-order valence-electron chi connectivity index (χ4n) is 3.26. The molecule has 0 saturated carbocycles. The molecule has 0 radical (unpaired) electrons. The van der Waals surface area contributed by atoms with Crippen molar-refractivity contribution >= 4 is 35.6 Å². The van der Waals surface area contributed by atoms with Gasteiger partial charge in [-0.05, 0) is 17.3 Å². The Balaban J connectivity index is 3.37. The van der Waals surface area contributed by atoms with Crippen molar-refractivity contribution in [2.75, 3.05) is 45.8 Å².